The van der Waals surface area contributed by atoms with Crippen molar-refractivity contribution in [2.24, 2.45) is 16.8 Å². The Hall–Kier alpha value is -2.12. The van der Waals surface area contributed by atoms with Gasteiger partial charge >= 0.3 is 5.97 Å². The van der Waals surface area contributed by atoms with E-state index in [2.05, 4.69) is 4.99 Å². The molecule has 0 radical (unpaired) electrons. The summed E-state index contributed by atoms with van der Waals surface area (Å²) in [5.74, 6) is -1.65. The number of fused-ring (bicyclic) bond motifs is 3. The molecule has 3 fully saturated rings. The number of aliphatic imine (C=N–C) groups is 1. The zero-order chi connectivity index (χ0) is 17.8. The van der Waals surface area contributed by atoms with Gasteiger partial charge in [0.15, 0.2) is 11.5 Å². The zero-order valence-corrected chi connectivity index (χ0v) is 14.8. The molecule has 0 unspecified atom stereocenters. The van der Waals surface area contributed by atoms with Gasteiger partial charge in [0.05, 0.1) is 25.0 Å². The van der Waals surface area contributed by atoms with Crippen molar-refractivity contribution < 1.29 is 19.1 Å². The number of ether oxygens (including phenoxy) is 1. The van der Waals surface area contributed by atoms with Crippen LogP contribution in [-0.4, -0.2) is 84.3 Å². The Morgan fingerprint density at radius 3 is 2.58 bits per heavy atom. The second-order valence-corrected chi connectivity index (χ2v) is 6.88. The summed E-state index contributed by atoms with van der Waals surface area (Å²) in [5.41, 5.74) is -1.22. The first kappa shape index (κ1) is 16.7. The van der Waals surface area contributed by atoms with Crippen molar-refractivity contribution in [1.82, 2.24) is 14.7 Å². The van der Waals surface area contributed by atoms with Gasteiger partial charge in [-0.25, -0.2) is 4.79 Å². The Kier molecular flexibility index (Phi) is 3.80. The van der Waals surface area contributed by atoms with E-state index in [0.29, 0.717) is 19.0 Å². The predicted molar refractivity (Wildman–Crippen MR) is 86.0 cm³/mol. The summed E-state index contributed by atoms with van der Waals surface area (Å²) in [6.07, 6.45) is 0.873. The summed E-state index contributed by atoms with van der Waals surface area (Å²) >= 11 is 0. The van der Waals surface area contributed by atoms with Crippen molar-refractivity contribution in [3.8, 4) is 0 Å². The van der Waals surface area contributed by atoms with Crippen LogP contribution in [0.3, 0.4) is 0 Å². The average molecular weight is 336 g/mol. The third kappa shape index (κ3) is 1.85. The number of hydrogen-bond acceptors (Lipinski definition) is 5. The molecule has 8 nitrogen and oxygen atoms in total. The number of amides is 2. The molecule has 4 atom stereocenters. The highest BCUT2D eigenvalue weighted by molar-refractivity contribution is 6.11. The van der Waals surface area contributed by atoms with Crippen molar-refractivity contribution in [2.75, 3.05) is 34.3 Å². The topological polar surface area (TPSA) is 82.5 Å². The van der Waals surface area contributed by atoms with E-state index in [1.807, 2.05) is 23.8 Å². The fourth-order valence-electron chi connectivity index (χ4n) is 4.41. The van der Waals surface area contributed by atoms with Crippen molar-refractivity contribution in [1.29, 1.82) is 0 Å². The minimum atomic E-state index is -1.22. The molecule has 2 amide bonds. The summed E-state index contributed by atoms with van der Waals surface area (Å²) in [5, 5.41) is 0. The molecule has 0 bridgehead atoms. The summed E-state index contributed by atoms with van der Waals surface area (Å²) in [7, 11) is 4.68. The normalized spacial score (nSPS) is 36.6. The molecule has 0 aromatic carbocycles. The maximum Gasteiger partial charge on any atom is 0.332 e. The van der Waals surface area contributed by atoms with Crippen LogP contribution in [0.1, 0.15) is 20.3 Å². The molecule has 0 saturated carbocycles. The van der Waals surface area contributed by atoms with E-state index < -0.39 is 23.3 Å². The number of likely N-dealkylation sites (tertiary alicyclic amines) is 1. The van der Waals surface area contributed by atoms with Crippen molar-refractivity contribution in [3.05, 3.63) is 0 Å². The number of nitrogens with zero attached hydrogens (tertiary/aromatic N) is 4. The Labute approximate surface area is 141 Å². The van der Waals surface area contributed by atoms with Crippen LogP contribution in [0.2, 0.25) is 0 Å². The van der Waals surface area contributed by atoms with E-state index in [-0.39, 0.29) is 17.9 Å². The van der Waals surface area contributed by atoms with Crippen molar-refractivity contribution >= 4 is 23.7 Å². The first-order valence-corrected chi connectivity index (χ1v) is 8.25. The molecule has 3 aliphatic rings. The summed E-state index contributed by atoms with van der Waals surface area (Å²) in [6.45, 7) is 4.90. The number of esters is 1. The van der Waals surface area contributed by atoms with Gasteiger partial charge in [0.25, 0.3) is 0 Å². The minimum absolute atomic E-state index is 0.224. The highest BCUT2D eigenvalue weighted by atomic mass is 16.5. The molecule has 0 aliphatic carbocycles. The lowest BCUT2D eigenvalue weighted by Gasteiger charge is -2.37. The first-order valence-electron chi connectivity index (χ1n) is 8.25. The molecule has 24 heavy (non-hydrogen) atoms. The Morgan fingerprint density at radius 2 is 2.00 bits per heavy atom. The molecule has 0 spiro atoms. The Morgan fingerprint density at radius 1 is 1.33 bits per heavy atom. The van der Waals surface area contributed by atoms with Crippen LogP contribution in [0.25, 0.3) is 0 Å². The van der Waals surface area contributed by atoms with Gasteiger partial charge in [-0.3, -0.25) is 19.5 Å². The molecule has 132 valence electrons. The molecule has 3 heterocycles. The van der Waals surface area contributed by atoms with Crippen LogP contribution in [0.4, 0.5) is 0 Å². The monoisotopic (exact) mass is 336 g/mol. The SMILES string of the molecule is CCCN=C1N(C)C[C@@H]2[C@@H]3C(=O)N(C)C(=O)[C@@H]3[C@](C)(C(=O)OC)N12. The quantitative estimate of drug-likeness (QED) is 0.513. The number of likely N-dealkylation sites (N-methyl/N-ethyl adjacent to an activating group) is 1. The standard InChI is InChI=1S/C16H24N4O4/c1-6-7-17-15-18(3)8-9-10-11(13(22)19(4)12(10)21)16(2,20(9)15)14(23)24-5/h9-11H,6-8H2,1-5H3/t9-,10+,11-,16-/m1/s1. The maximum atomic E-state index is 12.7. The molecule has 0 aromatic rings. The lowest BCUT2D eigenvalue weighted by molar-refractivity contribution is -0.156. The van der Waals surface area contributed by atoms with Crippen LogP contribution in [-0.2, 0) is 19.1 Å². The number of carbonyl (C=O) groups is 3. The smallest absolute Gasteiger partial charge is 0.332 e. The Bertz CT molecular complexity index is 634. The molecule has 3 saturated heterocycles. The second-order valence-electron chi connectivity index (χ2n) is 6.88. The molecular weight excluding hydrogens is 312 g/mol. The lowest BCUT2D eigenvalue weighted by Crippen LogP contribution is -2.58. The van der Waals surface area contributed by atoms with Gasteiger partial charge in [-0.05, 0) is 13.3 Å². The van der Waals surface area contributed by atoms with Gasteiger partial charge in [-0.1, -0.05) is 6.92 Å². The van der Waals surface area contributed by atoms with Gasteiger partial charge in [0.2, 0.25) is 11.8 Å². The second kappa shape index (κ2) is 5.46. The predicted octanol–water partition coefficient (Wildman–Crippen LogP) is -0.455. The van der Waals surface area contributed by atoms with E-state index in [1.54, 1.807) is 6.92 Å². The average Bonchev–Trinajstić information content (AvgIpc) is 3.10. The van der Waals surface area contributed by atoms with Crippen LogP contribution in [0.15, 0.2) is 4.99 Å². The van der Waals surface area contributed by atoms with Crippen molar-refractivity contribution in [3.63, 3.8) is 0 Å². The molecule has 3 aliphatic heterocycles. The van der Waals surface area contributed by atoms with E-state index in [0.717, 1.165) is 11.3 Å². The van der Waals surface area contributed by atoms with Gasteiger partial charge in [0, 0.05) is 27.2 Å². The van der Waals surface area contributed by atoms with Gasteiger partial charge in [-0.15, -0.1) is 0 Å². The van der Waals surface area contributed by atoms with Gasteiger partial charge < -0.3 is 14.5 Å². The summed E-state index contributed by atoms with van der Waals surface area (Å²) < 4.78 is 5.02. The van der Waals surface area contributed by atoms with Gasteiger partial charge in [-0.2, -0.15) is 0 Å². The number of hydrogen-bond donors (Lipinski definition) is 0. The molecule has 0 aromatic heterocycles. The highest BCUT2D eigenvalue weighted by Crippen LogP contribution is 2.51. The third-order valence-corrected chi connectivity index (χ3v) is 5.52. The molecule has 8 heteroatoms. The van der Waals surface area contributed by atoms with Crippen LogP contribution < -0.4 is 0 Å². The number of imide groups is 1. The molecular formula is C16H24N4O4. The number of carbonyl (C=O) groups excluding carboxylic acids is 3. The Balaban J connectivity index is 2.14. The molecule has 0 N–H and O–H groups in total. The zero-order valence-electron chi connectivity index (χ0n) is 14.8. The minimum Gasteiger partial charge on any atom is -0.467 e. The number of guanidine groups is 1. The number of rotatable bonds is 3. The van der Waals surface area contributed by atoms with Crippen LogP contribution in [0.5, 0.6) is 0 Å². The van der Waals surface area contributed by atoms with E-state index in [1.165, 1.54) is 14.2 Å². The first-order chi connectivity index (χ1) is 11.3. The number of methoxy groups -OCH3 is 1. The van der Waals surface area contributed by atoms with Gasteiger partial charge in [0.1, 0.15) is 0 Å². The van der Waals surface area contributed by atoms with E-state index >= 15 is 0 Å². The summed E-state index contributed by atoms with van der Waals surface area (Å²) in [6, 6.07) is -0.249. The highest BCUT2D eigenvalue weighted by Gasteiger charge is 2.72. The fourth-order valence-corrected chi connectivity index (χ4v) is 4.41. The van der Waals surface area contributed by atoms with Crippen molar-refractivity contribution in [2.45, 2.75) is 31.8 Å². The van der Waals surface area contributed by atoms with Crippen LogP contribution in [0, 0.1) is 11.8 Å². The van der Waals surface area contributed by atoms with E-state index in [9.17, 15) is 14.4 Å². The summed E-state index contributed by atoms with van der Waals surface area (Å²) in [4.78, 5) is 47.6. The molecule has 3 rings (SSSR count). The lowest BCUT2D eigenvalue weighted by atomic mass is 9.81. The fraction of sp³-hybridized carbons (Fsp3) is 0.750. The largest absolute Gasteiger partial charge is 0.467 e. The van der Waals surface area contributed by atoms with Crippen LogP contribution >= 0.6 is 0 Å². The van der Waals surface area contributed by atoms with E-state index in [4.69, 9.17) is 4.74 Å². The third-order valence-electron chi connectivity index (χ3n) is 5.52. The maximum absolute atomic E-state index is 12.7.